The van der Waals surface area contributed by atoms with Crippen LogP contribution in [0.2, 0.25) is 0 Å². The summed E-state index contributed by atoms with van der Waals surface area (Å²) in [6.07, 6.45) is 5.56. The van der Waals surface area contributed by atoms with Crippen LogP contribution in [0, 0.1) is 11.8 Å². The molecule has 2 aliphatic rings. The van der Waals surface area contributed by atoms with Gasteiger partial charge in [0.05, 0.1) is 48.9 Å². The fourth-order valence-corrected chi connectivity index (χ4v) is 7.80. The zero-order valence-corrected chi connectivity index (χ0v) is 33.6. The number of imidazole rings is 2. The van der Waals surface area contributed by atoms with Crippen LogP contribution in [0.1, 0.15) is 77.1 Å². The number of alkyl carbamates (subject to hydrolysis) is 2. The average Bonchev–Trinajstić information content (AvgIpc) is 4.07. The number of benzene rings is 1. The van der Waals surface area contributed by atoms with Gasteiger partial charge in [0.25, 0.3) is 0 Å². The molecule has 5 aromatic rings. The van der Waals surface area contributed by atoms with Gasteiger partial charge in [0.2, 0.25) is 11.8 Å². The van der Waals surface area contributed by atoms with Crippen molar-refractivity contribution in [1.29, 1.82) is 0 Å². The maximum absolute atomic E-state index is 13.6. The Hall–Kier alpha value is -6.32. The Kier molecular flexibility index (Phi) is 11.7. The van der Waals surface area contributed by atoms with Gasteiger partial charge in [-0.25, -0.2) is 24.5 Å². The molecule has 58 heavy (non-hydrogen) atoms. The summed E-state index contributed by atoms with van der Waals surface area (Å²) in [6, 6.07) is 13.9. The van der Waals surface area contributed by atoms with Gasteiger partial charge in [-0.05, 0) is 61.8 Å². The van der Waals surface area contributed by atoms with Gasteiger partial charge in [0, 0.05) is 42.2 Å². The number of nitrogens with one attached hydrogen (secondary N) is 4. The van der Waals surface area contributed by atoms with Gasteiger partial charge in [0.15, 0.2) is 5.65 Å². The number of carbonyl (C=O) groups is 4. The number of aromatic nitrogens is 6. The second-order valence-electron chi connectivity index (χ2n) is 15.5. The first kappa shape index (κ1) is 39.9. The van der Waals surface area contributed by atoms with Crippen LogP contribution in [0.4, 0.5) is 9.59 Å². The SMILES string of the molecule is COC(=O)N[C@H](C(=O)N1CCC[C@H]1c1nc(-c2ccc(-c3ccc(-c4ccc5[nH]c([C@@H]6CCCN6C(=O)[C@@H](NC(=O)OC)C(C)C)nc5n4)cn3)cc2)c[nH]1)C(C)C. The zero-order valence-electron chi connectivity index (χ0n) is 33.6. The lowest BCUT2D eigenvalue weighted by Crippen LogP contribution is -2.51. The molecule has 0 aliphatic carbocycles. The number of carbonyl (C=O) groups excluding carboxylic acids is 4. The van der Waals surface area contributed by atoms with Crippen molar-refractivity contribution in [2.45, 2.75) is 77.5 Å². The quantitative estimate of drug-likeness (QED) is 0.120. The summed E-state index contributed by atoms with van der Waals surface area (Å²) in [6.45, 7) is 8.72. The Bertz CT molecular complexity index is 2270. The molecule has 16 nitrogen and oxygen atoms in total. The number of hydrogen-bond donors (Lipinski definition) is 4. The third-order valence-corrected chi connectivity index (χ3v) is 11.0. The monoisotopic (exact) mass is 790 g/mol. The van der Waals surface area contributed by atoms with Crippen molar-refractivity contribution in [3.8, 4) is 33.8 Å². The molecule has 0 unspecified atom stereocenters. The lowest BCUT2D eigenvalue weighted by atomic mass is 10.0. The highest BCUT2D eigenvalue weighted by atomic mass is 16.5. The smallest absolute Gasteiger partial charge is 0.407 e. The summed E-state index contributed by atoms with van der Waals surface area (Å²) in [7, 11) is 2.57. The first-order valence-corrected chi connectivity index (χ1v) is 19.7. The van der Waals surface area contributed by atoms with E-state index in [1.807, 2.05) is 82.4 Å². The molecule has 2 saturated heterocycles. The Labute approximate surface area is 336 Å². The Morgan fingerprint density at radius 1 is 0.672 bits per heavy atom. The van der Waals surface area contributed by atoms with E-state index in [4.69, 9.17) is 29.4 Å². The van der Waals surface area contributed by atoms with E-state index in [1.165, 1.54) is 14.2 Å². The number of methoxy groups -OCH3 is 2. The molecule has 4 aromatic heterocycles. The van der Waals surface area contributed by atoms with Gasteiger partial charge in [-0.15, -0.1) is 0 Å². The Morgan fingerprint density at radius 3 is 1.74 bits per heavy atom. The lowest BCUT2D eigenvalue weighted by Gasteiger charge is -2.29. The van der Waals surface area contributed by atoms with Crippen LogP contribution in [0.15, 0.2) is 60.9 Å². The predicted molar refractivity (Wildman–Crippen MR) is 216 cm³/mol. The van der Waals surface area contributed by atoms with Crippen molar-refractivity contribution in [1.82, 2.24) is 50.3 Å². The van der Waals surface area contributed by atoms with Crippen LogP contribution in [-0.2, 0) is 19.1 Å². The van der Waals surface area contributed by atoms with E-state index in [1.54, 1.807) is 16.0 Å². The number of pyridine rings is 2. The number of likely N-dealkylation sites (tertiary alicyclic amines) is 2. The van der Waals surface area contributed by atoms with Crippen molar-refractivity contribution in [2.24, 2.45) is 11.8 Å². The highest BCUT2D eigenvalue weighted by molar-refractivity contribution is 5.87. The van der Waals surface area contributed by atoms with Crippen LogP contribution < -0.4 is 10.6 Å². The van der Waals surface area contributed by atoms with E-state index in [0.717, 1.165) is 65.0 Å². The number of H-pyrrole nitrogens is 2. The molecule has 0 spiro atoms. The summed E-state index contributed by atoms with van der Waals surface area (Å²) < 4.78 is 9.51. The van der Waals surface area contributed by atoms with Gasteiger partial charge < -0.3 is 39.9 Å². The average molecular weight is 791 g/mol. The third kappa shape index (κ3) is 8.22. The molecule has 6 heterocycles. The van der Waals surface area contributed by atoms with E-state index in [0.29, 0.717) is 30.4 Å². The number of ether oxygens (including phenoxy) is 2. The predicted octanol–water partition coefficient (Wildman–Crippen LogP) is 6.17. The van der Waals surface area contributed by atoms with Crippen LogP contribution in [0.5, 0.6) is 0 Å². The van der Waals surface area contributed by atoms with Gasteiger partial charge in [-0.2, -0.15) is 0 Å². The van der Waals surface area contributed by atoms with Crippen LogP contribution in [-0.4, -0.2) is 103 Å². The summed E-state index contributed by atoms with van der Waals surface area (Å²) in [5, 5.41) is 5.38. The first-order valence-electron chi connectivity index (χ1n) is 19.7. The summed E-state index contributed by atoms with van der Waals surface area (Å²) in [5.74, 6) is 0.821. The van der Waals surface area contributed by atoms with Crippen molar-refractivity contribution in [3.63, 3.8) is 0 Å². The molecule has 0 radical (unpaired) electrons. The first-order chi connectivity index (χ1) is 27.9. The molecule has 1 aromatic carbocycles. The number of nitrogens with zero attached hydrogens (tertiary/aromatic N) is 6. The van der Waals surface area contributed by atoms with E-state index < -0.39 is 24.3 Å². The van der Waals surface area contributed by atoms with Crippen molar-refractivity contribution in [3.05, 3.63) is 72.6 Å². The van der Waals surface area contributed by atoms with Crippen molar-refractivity contribution >= 4 is 35.2 Å². The molecule has 4 N–H and O–H groups in total. The standard InChI is InChI=1S/C42H50N10O6/c1-23(2)34(48-41(55)57-5)39(53)51-19-7-9-32(51)37-44-22-31(47-37)26-13-11-25(12-14-26)28-16-15-27(21-43-28)29-17-18-30-36(45-29)50-38(46-30)33-10-8-20-52(33)40(54)35(24(3)4)49-42(56)58-6/h11-18,21-24,32-35H,7-10,19-20H2,1-6H3,(H,44,47)(H,48,55)(H,49,56)(H,45,46,50)/t32-,33-,34-,35-/m0/s1. The topological polar surface area (TPSA) is 200 Å². The summed E-state index contributed by atoms with van der Waals surface area (Å²) in [4.78, 5) is 80.6. The minimum absolute atomic E-state index is 0.112. The van der Waals surface area contributed by atoms with E-state index in [2.05, 4.69) is 20.6 Å². The number of rotatable bonds is 11. The van der Waals surface area contributed by atoms with Gasteiger partial charge in [-0.1, -0.05) is 52.0 Å². The third-order valence-electron chi connectivity index (χ3n) is 11.0. The molecule has 7 rings (SSSR count). The van der Waals surface area contributed by atoms with Crippen molar-refractivity contribution in [2.75, 3.05) is 27.3 Å². The second-order valence-corrected chi connectivity index (χ2v) is 15.5. The summed E-state index contributed by atoms with van der Waals surface area (Å²) >= 11 is 0. The van der Waals surface area contributed by atoms with Gasteiger partial charge in [-0.3, -0.25) is 14.6 Å². The molecule has 304 valence electrons. The molecule has 0 bridgehead atoms. The van der Waals surface area contributed by atoms with E-state index in [9.17, 15) is 19.2 Å². The molecular formula is C42H50N10O6. The zero-order chi connectivity index (χ0) is 41.1. The maximum Gasteiger partial charge on any atom is 0.407 e. The van der Waals surface area contributed by atoms with Crippen LogP contribution in [0.25, 0.3) is 44.9 Å². The highest BCUT2D eigenvalue weighted by Gasteiger charge is 2.39. The van der Waals surface area contributed by atoms with Crippen LogP contribution >= 0.6 is 0 Å². The van der Waals surface area contributed by atoms with Crippen molar-refractivity contribution < 1.29 is 28.7 Å². The molecule has 0 saturated carbocycles. The minimum atomic E-state index is -0.712. The van der Waals surface area contributed by atoms with Crippen LogP contribution in [0.3, 0.4) is 0 Å². The highest BCUT2D eigenvalue weighted by Crippen LogP contribution is 2.35. The molecular weight excluding hydrogens is 741 g/mol. The Balaban J connectivity index is 1.02. The number of amides is 4. The molecule has 2 fully saturated rings. The van der Waals surface area contributed by atoms with Gasteiger partial charge >= 0.3 is 12.2 Å². The molecule has 4 atom stereocenters. The molecule has 4 amide bonds. The molecule has 16 heteroatoms. The number of fused-ring (bicyclic) bond motifs is 1. The maximum atomic E-state index is 13.6. The fourth-order valence-electron chi connectivity index (χ4n) is 7.80. The Morgan fingerprint density at radius 2 is 1.21 bits per heavy atom. The fraction of sp³-hybridized carbons (Fsp3) is 0.429. The van der Waals surface area contributed by atoms with E-state index in [-0.39, 0.29) is 35.7 Å². The summed E-state index contributed by atoms with van der Waals surface area (Å²) in [5.41, 5.74) is 6.29. The largest absolute Gasteiger partial charge is 0.453 e. The lowest BCUT2D eigenvalue weighted by molar-refractivity contribution is -0.136. The second kappa shape index (κ2) is 17.0. The number of aromatic amines is 2. The van der Waals surface area contributed by atoms with E-state index >= 15 is 0 Å². The normalized spacial score (nSPS) is 17.8. The minimum Gasteiger partial charge on any atom is -0.453 e. The number of hydrogen-bond acceptors (Lipinski definition) is 10. The molecule has 2 aliphatic heterocycles. The van der Waals surface area contributed by atoms with Gasteiger partial charge in [0.1, 0.15) is 23.7 Å².